The topological polar surface area (TPSA) is 15.3 Å². The van der Waals surface area contributed by atoms with E-state index >= 15 is 0 Å². The molecule has 0 aromatic heterocycles. The van der Waals surface area contributed by atoms with Gasteiger partial charge < -0.3 is 10.2 Å². The summed E-state index contributed by atoms with van der Waals surface area (Å²) < 4.78 is 0. The third kappa shape index (κ3) is 5.86. The Morgan fingerprint density at radius 2 is 1.81 bits per heavy atom. The molecule has 1 N–H and O–H groups in total. The summed E-state index contributed by atoms with van der Waals surface area (Å²) in [5.74, 6) is 0. The van der Waals surface area contributed by atoms with E-state index in [0.717, 1.165) is 6.04 Å². The summed E-state index contributed by atoms with van der Waals surface area (Å²) in [6, 6.07) is 0.776. The third-order valence-corrected chi connectivity index (χ3v) is 3.55. The van der Waals surface area contributed by atoms with Crippen molar-refractivity contribution in [2.24, 2.45) is 0 Å². The minimum Gasteiger partial charge on any atom is -0.313 e. The van der Waals surface area contributed by atoms with E-state index in [1.165, 1.54) is 71.1 Å². The van der Waals surface area contributed by atoms with Crippen LogP contribution >= 0.6 is 0 Å². The van der Waals surface area contributed by atoms with Gasteiger partial charge in [-0.15, -0.1) is 0 Å². The van der Waals surface area contributed by atoms with Crippen molar-refractivity contribution in [2.45, 2.75) is 64.8 Å². The first-order valence-electron chi connectivity index (χ1n) is 7.32. The molecule has 0 aromatic rings. The Balaban J connectivity index is 2.18. The second-order valence-electron chi connectivity index (χ2n) is 5.15. The quantitative estimate of drug-likeness (QED) is 0.608. The van der Waals surface area contributed by atoms with E-state index in [1.807, 2.05) is 0 Å². The zero-order chi connectivity index (χ0) is 11.6. The van der Waals surface area contributed by atoms with Gasteiger partial charge in [-0.3, -0.25) is 0 Å². The van der Waals surface area contributed by atoms with Crippen LogP contribution in [0.15, 0.2) is 0 Å². The highest BCUT2D eigenvalue weighted by atomic mass is 15.1. The second kappa shape index (κ2) is 9.00. The lowest BCUT2D eigenvalue weighted by atomic mass is 10.2. The molecule has 1 unspecified atom stereocenters. The Bertz CT molecular complexity index is 153. The largest absolute Gasteiger partial charge is 0.313 e. The number of hydrogen-bond acceptors (Lipinski definition) is 2. The van der Waals surface area contributed by atoms with Gasteiger partial charge in [0.15, 0.2) is 0 Å². The molecule has 0 amide bonds. The van der Waals surface area contributed by atoms with Gasteiger partial charge in [0, 0.05) is 12.6 Å². The summed E-state index contributed by atoms with van der Waals surface area (Å²) in [6.07, 6.45) is 9.55. The molecule has 2 heteroatoms. The van der Waals surface area contributed by atoms with Crippen molar-refractivity contribution in [3.05, 3.63) is 0 Å². The van der Waals surface area contributed by atoms with Crippen molar-refractivity contribution in [3.63, 3.8) is 0 Å². The summed E-state index contributed by atoms with van der Waals surface area (Å²) in [4.78, 5) is 2.68. The maximum absolute atomic E-state index is 3.61. The van der Waals surface area contributed by atoms with Crippen molar-refractivity contribution in [1.29, 1.82) is 0 Å². The van der Waals surface area contributed by atoms with Crippen LogP contribution < -0.4 is 5.32 Å². The smallest absolute Gasteiger partial charge is 0.0195 e. The van der Waals surface area contributed by atoms with E-state index in [4.69, 9.17) is 0 Å². The van der Waals surface area contributed by atoms with Gasteiger partial charge in [0.05, 0.1) is 0 Å². The van der Waals surface area contributed by atoms with Crippen molar-refractivity contribution < 1.29 is 0 Å². The van der Waals surface area contributed by atoms with Crippen LogP contribution in [-0.4, -0.2) is 37.1 Å². The molecule has 1 fully saturated rings. The molecule has 0 aromatic carbocycles. The van der Waals surface area contributed by atoms with Crippen LogP contribution in [0, 0.1) is 0 Å². The molecule has 2 nitrogen and oxygen atoms in total. The fourth-order valence-electron chi connectivity index (χ4n) is 2.49. The van der Waals surface area contributed by atoms with Crippen LogP contribution in [0.25, 0.3) is 0 Å². The molecule has 0 bridgehead atoms. The average molecular weight is 226 g/mol. The second-order valence-corrected chi connectivity index (χ2v) is 5.15. The van der Waals surface area contributed by atoms with E-state index in [-0.39, 0.29) is 0 Å². The van der Waals surface area contributed by atoms with E-state index in [0.29, 0.717) is 0 Å². The molecular formula is C14H30N2. The highest BCUT2D eigenvalue weighted by molar-refractivity contribution is 4.77. The van der Waals surface area contributed by atoms with Crippen LogP contribution in [-0.2, 0) is 0 Å². The molecule has 0 spiro atoms. The van der Waals surface area contributed by atoms with Crippen molar-refractivity contribution in [1.82, 2.24) is 10.2 Å². The highest BCUT2D eigenvalue weighted by Crippen LogP contribution is 2.09. The monoisotopic (exact) mass is 226 g/mol. The molecule has 16 heavy (non-hydrogen) atoms. The predicted octanol–water partition coefficient (Wildman–Crippen LogP) is 3.03. The number of rotatable bonds is 9. The Labute approximate surface area is 102 Å². The van der Waals surface area contributed by atoms with Crippen molar-refractivity contribution in [3.8, 4) is 0 Å². The van der Waals surface area contributed by atoms with Gasteiger partial charge in [0.2, 0.25) is 0 Å². The van der Waals surface area contributed by atoms with Gasteiger partial charge in [-0.05, 0) is 45.3 Å². The van der Waals surface area contributed by atoms with Crippen molar-refractivity contribution in [2.75, 3.05) is 26.2 Å². The minimum absolute atomic E-state index is 0.776. The van der Waals surface area contributed by atoms with Gasteiger partial charge in [-0.2, -0.15) is 0 Å². The van der Waals surface area contributed by atoms with E-state index < -0.39 is 0 Å². The molecule has 1 rings (SSSR count). The van der Waals surface area contributed by atoms with Gasteiger partial charge in [0.1, 0.15) is 0 Å². The maximum atomic E-state index is 3.61. The van der Waals surface area contributed by atoms with Crippen LogP contribution in [0.4, 0.5) is 0 Å². The molecule has 1 heterocycles. The standard InChI is InChI=1S/C14H30N2/c1-3-5-7-12-16(11-6-4-2)13-14-9-8-10-15-14/h14-15H,3-13H2,1-2H3. The summed E-state index contributed by atoms with van der Waals surface area (Å²) in [5.41, 5.74) is 0. The first kappa shape index (κ1) is 14.0. The number of hydrogen-bond donors (Lipinski definition) is 1. The summed E-state index contributed by atoms with van der Waals surface area (Å²) in [5, 5.41) is 3.61. The van der Waals surface area contributed by atoms with Gasteiger partial charge in [0.25, 0.3) is 0 Å². The number of unbranched alkanes of at least 4 members (excludes halogenated alkanes) is 3. The molecule has 1 saturated heterocycles. The molecule has 0 aliphatic carbocycles. The third-order valence-electron chi connectivity index (χ3n) is 3.55. The fraction of sp³-hybridized carbons (Fsp3) is 1.00. The van der Waals surface area contributed by atoms with Crippen LogP contribution in [0.1, 0.15) is 58.8 Å². The molecule has 0 saturated carbocycles. The Hall–Kier alpha value is -0.0800. The zero-order valence-electron chi connectivity index (χ0n) is 11.3. The Morgan fingerprint density at radius 3 is 2.44 bits per heavy atom. The Kier molecular flexibility index (Phi) is 7.87. The van der Waals surface area contributed by atoms with Crippen LogP contribution in [0.3, 0.4) is 0 Å². The first-order chi connectivity index (χ1) is 7.86. The zero-order valence-corrected chi connectivity index (χ0v) is 11.3. The first-order valence-corrected chi connectivity index (χ1v) is 7.32. The molecule has 1 atom stereocenters. The molecule has 1 aliphatic rings. The van der Waals surface area contributed by atoms with E-state index in [9.17, 15) is 0 Å². The molecule has 96 valence electrons. The minimum atomic E-state index is 0.776. The summed E-state index contributed by atoms with van der Waals surface area (Å²) in [7, 11) is 0. The average Bonchev–Trinajstić information content (AvgIpc) is 2.78. The maximum Gasteiger partial charge on any atom is 0.0195 e. The lowest BCUT2D eigenvalue weighted by Gasteiger charge is -2.25. The van der Waals surface area contributed by atoms with Gasteiger partial charge in [-0.25, -0.2) is 0 Å². The lowest BCUT2D eigenvalue weighted by molar-refractivity contribution is 0.241. The molecule has 1 aliphatic heterocycles. The Morgan fingerprint density at radius 1 is 1.06 bits per heavy atom. The van der Waals surface area contributed by atoms with Gasteiger partial charge in [-0.1, -0.05) is 33.1 Å². The molecular weight excluding hydrogens is 196 g/mol. The number of nitrogens with zero attached hydrogens (tertiary/aromatic N) is 1. The summed E-state index contributed by atoms with van der Waals surface area (Å²) >= 11 is 0. The highest BCUT2D eigenvalue weighted by Gasteiger charge is 2.17. The summed E-state index contributed by atoms with van der Waals surface area (Å²) in [6.45, 7) is 9.71. The fourth-order valence-corrected chi connectivity index (χ4v) is 2.49. The molecule has 0 radical (unpaired) electrons. The van der Waals surface area contributed by atoms with Crippen LogP contribution in [0.5, 0.6) is 0 Å². The van der Waals surface area contributed by atoms with Gasteiger partial charge >= 0.3 is 0 Å². The normalized spacial score (nSPS) is 20.8. The van der Waals surface area contributed by atoms with E-state index in [1.54, 1.807) is 0 Å². The van der Waals surface area contributed by atoms with E-state index in [2.05, 4.69) is 24.1 Å². The number of nitrogens with one attached hydrogen (secondary N) is 1. The van der Waals surface area contributed by atoms with Crippen molar-refractivity contribution >= 4 is 0 Å². The SMILES string of the molecule is CCCCCN(CCCC)CC1CCCN1. The predicted molar refractivity (Wildman–Crippen MR) is 71.9 cm³/mol. The van der Waals surface area contributed by atoms with Crippen LogP contribution in [0.2, 0.25) is 0 Å². The lowest BCUT2D eigenvalue weighted by Crippen LogP contribution is -2.38.